The van der Waals surface area contributed by atoms with Crippen LogP contribution in [0.4, 0.5) is 5.69 Å². The monoisotopic (exact) mass is 273 g/mol. The minimum absolute atomic E-state index is 0.245. The Morgan fingerprint density at radius 1 is 1.45 bits per heavy atom. The van der Waals surface area contributed by atoms with Gasteiger partial charge < -0.3 is 15.4 Å². The minimum Gasteiger partial charge on any atom is -0.478 e. The van der Waals surface area contributed by atoms with Crippen LogP contribution in [0, 0.1) is 5.92 Å². The number of hydrogen-bond acceptors (Lipinski definition) is 3. The van der Waals surface area contributed by atoms with Crippen LogP contribution in [0.25, 0.3) is 11.0 Å². The molecule has 1 fully saturated rings. The van der Waals surface area contributed by atoms with Crippen molar-refractivity contribution in [3.8, 4) is 0 Å². The van der Waals surface area contributed by atoms with Crippen molar-refractivity contribution in [1.82, 2.24) is 9.97 Å². The largest absolute Gasteiger partial charge is 0.478 e. The van der Waals surface area contributed by atoms with Crippen LogP contribution in [0.3, 0.4) is 0 Å². The highest BCUT2D eigenvalue weighted by Crippen LogP contribution is 2.31. The molecular weight excluding hydrogens is 254 g/mol. The summed E-state index contributed by atoms with van der Waals surface area (Å²) in [6.07, 6.45) is 7.97. The third kappa shape index (κ3) is 2.24. The molecule has 3 N–H and O–H groups in total. The molecule has 2 atom stereocenters. The average Bonchev–Trinajstić information content (AvgIpc) is 2.90. The molecule has 106 valence electrons. The Morgan fingerprint density at radius 3 is 3.00 bits per heavy atom. The van der Waals surface area contributed by atoms with Crippen LogP contribution >= 0.6 is 0 Å². The van der Waals surface area contributed by atoms with Crippen LogP contribution in [0.2, 0.25) is 0 Å². The predicted molar refractivity (Wildman–Crippen MR) is 78.1 cm³/mol. The fraction of sp³-hybridized carbons (Fsp3) is 0.467. The first-order valence-corrected chi connectivity index (χ1v) is 7.12. The number of nitrogens with zero attached hydrogens (tertiary/aromatic N) is 1. The van der Waals surface area contributed by atoms with Gasteiger partial charge >= 0.3 is 5.97 Å². The molecule has 2 aromatic heterocycles. The number of aromatic amines is 1. The number of anilines is 1. The molecule has 3 rings (SSSR count). The molecule has 5 nitrogen and oxygen atoms in total. The number of carboxylic acid groups (broad SMARTS) is 1. The lowest BCUT2D eigenvalue weighted by molar-refractivity contribution is 0.0697. The molecule has 20 heavy (non-hydrogen) atoms. The first-order chi connectivity index (χ1) is 9.66. The van der Waals surface area contributed by atoms with E-state index < -0.39 is 5.97 Å². The van der Waals surface area contributed by atoms with E-state index in [1.807, 2.05) is 6.07 Å². The number of carbonyl (C=O) groups is 1. The highest BCUT2D eigenvalue weighted by Gasteiger charge is 2.24. The van der Waals surface area contributed by atoms with Gasteiger partial charge in [0.05, 0.1) is 5.69 Å². The average molecular weight is 273 g/mol. The summed E-state index contributed by atoms with van der Waals surface area (Å²) in [6.45, 7) is 2.23. The molecule has 2 heterocycles. The SMILES string of the molecule is C[C@@H]1CCCC[C@@H]1Nc1c(C(=O)O)cnc2[nH]ccc12. The fourth-order valence-electron chi connectivity index (χ4n) is 3.04. The van der Waals surface area contributed by atoms with Crippen molar-refractivity contribution >= 4 is 22.7 Å². The topological polar surface area (TPSA) is 78.0 Å². The molecule has 1 aliphatic carbocycles. The molecule has 0 aromatic carbocycles. The van der Waals surface area contributed by atoms with Crippen molar-refractivity contribution < 1.29 is 9.90 Å². The van der Waals surface area contributed by atoms with E-state index in [0.717, 1.165) is 17.5 Å². The molecule has 0 spiro atoms. The Hall–Kier alpha value is -2.04. The molecule has 0 aliphatic heterocycles. The highest BCUT2D eigenvalue weighted by molar-refractivity contribution is 6.03. The van der Waals surface area contributed by atoms with Crippen molar-refractivity contribution in [2.24, 2.45) is 5.92 Å². The molecule has 2 aromatic rings. The lowest BCUT2D eigenvalue weighted by atomic mass is 9.85. The molecule has 1 aliphatic rings. The molecule has 0 unspecified atom stereocenters. The zero-order chi connectivity index (χ0) is 14.1. The van der Waals surface area contributed by atoms with E-state index in [1.165, 1.54) is 25.5 Å². The van der Waals surface area contributed by atoms with Crippen LogP contribution in [0.15, 0.2) is 18.5 Å². The summed E-state index contributed by atoms with van der Waals surface area (Å²) in [4.78, 5) is 18.6. The second-order valence-electron chi connectivity index (χ2n) is 5.60. The zero-order valence-corrected chi connectivity index (χ0v) is 11.5. The van der Waals surface area contributed by atoms with Crippen molar-refractivity contribution in [1.29, 1.82) is 0 Å². The summed E-state index contributed by atoms with van der Waals surface area (Å²) in [7, 11) is 0. The van der Waals surface area contributed by atoms with Gasteiger partial charge in [0.2, 0.25) is 0 Å². The normalized spacial score (nSPS) is 22.9. The predicted octanol–water partition coefficient (Wildman–Crippen LogP) is 3.25. The summed E-state index contributed by atoms with van der Waals surface area (Å²) in [6, 6.07) is 2.22. The summed E-state index contributed by atoms with van der Waals surface area (Å²) < 4.78 is 0. The fourth-order valence-corrected chi connectivity index (χ4v) is 3.04. The number of fused-ring (bicyclic) bond motifs is 1. The maximum absolute atomic E-state index is 11.4. The van der Waals surface area contributed by atoms with Crippen LogP contribution in [0.1, 0.15) is 43.0 Å². The summed E-state index contributed by atoms with van der Waals surface area (Å²) in [5, 5.41) is 13.7. The van der Waals surface area contributed by atoms with Gasteiger partial charge in [-0.05, 0) is 24.8 Å². The van der Waals surface area contributed by atoms with E-state index in [1.54, 1.807) is 6.20 Å². The van der Waals surface area contributed by atoms with Crippen LogP contribution in [-0.4, -0.2) is 27.1 Å². The number of aromatic carboxylic acids is 1. The maximum Gasteiger partial charge on any atom is 0.339 e. The quantitative estimate of drug-likeness (QED) is 0.802. The molecule has 0 radical (unpaired) electrons. The second kappa shape index (κ2) is 5.15. The van der Waals surface area contributed by atoms with E-state index in [9.17, 15) is 9.90 Å². The second-order valence-corrected chi connectivity index (χ2v) is 5.60. The number of H-pyrrole nitrogens is 1. The highest BCUT2D eigenvalue weighted by atomic mass is 16.4. The van der Waals surface area contributed by atoms with Crippen LogP contribution in [0.5, 0.6) is 0 Å². The van der Waals surface area contributed by atoms with Crippen molar-refractivity contribution in [3.05, 3.63) is 24.0 Å². The number of carboxylic acids is 1. The number of aromatic nitrogens is 2. The van der Waals surface area contributed by atoms with Gasteiger partial charge in [-0.1, -0.05) is 19.8 Å². The van der Waals surface area contributed by atoms with Crippen molar-refractivity contribution in [3.63, 3.8) is 0 Å². The van der Waals surface area contributed by atoms with Crippen molar-refractivity contribution in [2.75, 3.05) is 5.32 Å². The van der Waals surface area contributed by atoms with Gasteiger partial charge in [0, 0.05) is 23.8 Å². The molecule has 0 amide bonds. The van der Waals surface area contributed by atoms with E-state index >= 15 is 0 Å². The van der Waals surface area contributed by atoms with Gasteiger partial charge in [-0.3, -0.25) is 0 Å². The number of hydrogen-bond donors (Lipinski definition) is 3. The van der Waals surface area contributed by atoms with Gasteiger partial charge in [0.1, 0.15) is 11.2 Å². The molecule has 0 saturated heterocycles. The summed E-state index contributed by atoms with van der Waals surface area (Å²) in [5.74, 6) is -0.376. The lowest BCUT2D eigenvalue weighted by Gasteiger charge is -2.31. The summed E-state index contributed by atoms with van der Waals surface area (Å²) >= 11 is 0. The van der Waals surface area contributed by atoms with Crippen LogP contribution in [-0.2, 0) is 0 Å². The Labute approximate surface area is 117 Å². The Morgan fingerprint density at radius 2 is 2.25 bits per heavy atom. The number of nitrogens with one attached hydrogen (secondary N) is 2. The van der Waals surface area contributed by atoms with Crippen LogP contribution < -0.4 is 5.32 Å². The minimum atomic E-state index is -0.938. The van der Waals surface area contributed by atoms with E-state index in [2.05, 4.69) is 22.2 Å². The summed E-state index contributed by atoms with van der Waals surface area (Å²) in [5.41, 5.74) is 1.67. The van der Waals surface area contributed by atoms with Gasteiger partial charge in [-0.2, -0.15) is 0 Å². The first-order valence-electron chi connectivity index (χ1n) is 7.12. The zero-order valence-electron chi connectivity index (χ0n) is 11.5. The third-order valence-electron chi connectivity index (χ3n) is 4.26. The Bertz CT molecular complexity index is 635. The maximum atomic E-state index is 11.4. The van der Waals surface area contributed by atoms with Gasteiger partial charge in [-0.25, -0.2) is 9.78 Å². The van der Waals surface area contributed by atoms with Gasteiger partial charge in [0.15, 0.2) is 0 Å². The standard InChI is InChI=1S/C15H19N3O2/c1-9-4-2-3-5-12(9)18-13-10-6-7-16-14(10)17-8-11(13)15(19)20/h6-9,12H,2-5H2,1H3,(H,19,20)(H2,16,17,18)/t9-,12+/m1/s1. The molecule has 0 bridgehead atoms. The lowest BCUT2D eigenvalue weighted by Crippen LogP contribution is -2.31. The molecule has 5 heteroatoms. The molecular formula is C15H19N3O2. The number of rotatable bonds is 3. The smallest absolute Gasteiger partial charge is 0.339 e. The van der Waals surface area contributed by atoms with E-state index in [-0.39, 0.29) is 5.56 Å². The van der Waals surface area contributed by atoms with Crippen molar-refractivity contribution in [2.45, 2.75) is 38.6 Å². The third-order valence-corrected chi connectivity index (χ3v) is 4.26. The van der Waals surface area contributed by atoms with E-state index in [0.29, 0.717) is 17.6 Å². The Balaban J connectivity index is 2.01. The number of pyridine rings is 1. The van der Waals surface area contributed by atoms with Gasteiger partial charge in [-0.15, -0.1) is 0 Å². The van der Waals surface area contributed by atoms with Gasteiger partial charge in [0.25, 0.3) is 0 Å². The molecule has 1 saturated carbocycles. The Kier molecular flexibility index (Phi) is 3.34. The van der Waals surface area contributed by atoms with E-state index in [4.69, 9.17) is 0 Å². The first kappa shape index (κ1) is 13.0.